The van der Waals surface area contributed by atoms with Gasteiger partial charge in [0.2, 0.25) is 0 Å². The van der Waals surface area contributed by atoms with E-state index in [1.54, 1.807) is 24.3 Å². The first-order valence-corrected chi connectivity index (χ1v) is 10.1. The van der Waals surface area contributed by atoms with E-state index in [1.807, 2.05) is 12.1 Å². The van der Waals surface area contributed by atoms with Gasteiger partial charge < -0.3 is 14.5 Å². The van der Waals surface area contributed by atoms with Gasteiger partial charge >= 0.3 is 11.6 Å². The van der Waals surface area contributed by atoms with Gasteiger partial charge in [0, 0.05) is 27.1 Å². The third kappa shape index (κ3) is 4.40. The lowest BCUT2D eigenvalue weighted by molar-refractivity contribution is -0.143. The van der Waals surface area contributed by atoms with Crippen molar-refractivity contribution in [2.45, 2.75) is 25.9 Å². The maximum atomic E-state index is 12.1. The van der Waals surface area contributed by atoms with Crippen LogP contribution in [0.1, 0.15) is 33.5 Å². The zero-order valence-corrected chi connectivity index (χ0v) is 17.1. The van der Waals surface area contributed by atoms with E-state index >= 15 is 0 Å². The average molecular weight is 456 g/mol. The predicted octanol–water partition coefficient (Wildman–Crippen LogP) is 3.52. The highest BCUT2D eigenvalue weighted by Gasteiger charge is 2.16. The lowest BCUT2D eigenvalue weighted by atomic mass is 10.0. The normalized spacial score (nSPS) is 12.6. The second kappa shape index (κ2) is 8.21. The molecule has 7 heteroatoms. The SMILES string of the molecule is O=C(CNC(=O)c1ccc(Br)cc1)OCc1cc(=O)oc2cc3c(cc12)CCC3. The van der Waals surface area contributed by atoms with Crippen molar-refractivity contribution in [3.05, 3.63) is 79.6 Å². The molecule has 0 spiro atoms. The number of aryl methyl sites for hydroxylation is 2. The van der Waals surface area contributed by atoms with E-state index in [0.29, 0.717) is 16.7 Å². The number of hydrogen-bond acceptors (Lipinski definition) is 5. The Morgan fingerprint density at radius 2 is 1.79 bits per heavy atom. The van der Waals surface area contributed by atoms with Crippen LogP contribution in [0.3, 0.4) is 0 Å². The molecule has 29 heavy (non-hydrogen) atoms. The summed E-state index contributed by atoms with van der Waals surface area (Å²) in [5.41, 5.74) is 3.50. The molecule has 0 atom stereocenters. The van der Waals surface area contributed by atoms with E-state index in [0.717, 1.165) is 29.1 Å². The Labute approximate surface area is 175 Å². The first kappa shape index (κ1) is 19.4. The molecule has 0 bridgehead atoms. The average Bonchev–Trinajstić information content (AvgIpc) is 3.16. The molecule has 4 rings (SSSR count). The summed E-state index contributed by atoms with van der Waals surface area (Å²) in [6.07, 6.45) is 3.05. The van der Waals surface area contributed by atoms with Crippen LogP contribution in [-0.2, 0) is 29.0 Å². The Morgan fingerprint density at radius 1 is 1.07 bits per heavy atom. The summed E-state index contributed by atoms with van der Waals surface area (Å²) >= 11 is 3.30. The number of fused-ring (bicyclic) bond motifs is 2. The zero-order valence-electron chi connectivity index (χ0n) is 15.5. The van der Waals surface area contributed by atoms with E-state index in [4.69, 9.17) is 9.15 Å². The Kier molecular flexibility index (Phi) is 5.49. The van der Waals surface area contributed by atoms with Crippen LogP contribution in [-0.4, -0.2) is 18.4 Å². The second-order valence-electron chi connectivity index (χ2n) is 6.91. The van der Waals surface area contributed by atoms with E-state index in [1.165, 1.54) is 17.2 Å². The molecule has 6 nitrogen and oxygen atoms in total. The van der Waals surface area contributed by atoms with Crippen molar-refractivity contribution >= 4 is 38.8 Å². The molecule has 1 heterocycles. The number of esters is 1. The number of benzene rings is 2. The summed E-state index contributed by atoms with van der Waals surface area (Å²) in [4.78, 5) is 36.0. The summed E-state index contributed by atoms with van der Waals surface area (Å²) in [6, 6.07) is 12.1. The predicted molar refractivity (Wildman–Crippen MR) is 111 cm³/mol. The summed E-state index contributed by atoms with van der Waals surface area (Å²) in [5, 5.41) is 3.30. The Morgan fingerprint density at radius 3 is 2.55 bits per heavy atom. The Hall–Kier alpha value is -2.93. The fourth-order valence-electron chi connectivity index (χ4n) is 3.48. The van der Waals surface area contributed by atoms with Crippen molar-refractivity contribution in [1.29, 1.82) is 0 Å². The van der Waals surface area contributed by atoms with E-state index in [9.17, 15) is 14.4 Å². The van der Waals surface area contributed by atoms with Crippen molar-refractivity contribution in [3.63, 3.8) is 0 Å². The molecule has 2 aromatic carbocycles. The minimum atomic E-state index is -0.585. The molecule has 0 radical (unpaired) electrons. The summed E-state index contributed by atoms with van der Waals surface area (Å²) < 4.78 is 11.4. The number of nitrogens with one attached hydrogen (secondary N) is 1. The molecular formula is C22H18BrNO5. The van der Waals surface area contributed by atoms with Crippen molar-refractivity contribution in [2.24, 2.45) is 0 Å². The number of carbonyl (C=O) groups excluding carboxylic acids is 2. The van der Waals surface area contributed by atoms with Crippen LogP contribution in [0.2, 0.25) is 0 Å². The Balaban J connectivity index is 1.41. The van der Waals surface area contributed by atoms with Crippen LogP contribution in [0, 0.1) is 0 Å². The van der Waals surface area contributed by atoms with Gasteiger partial charge in [0.05, 0.1) is 0 Å². The maximum Gasteiger partial charge on any atom is 0.336 e. The molecule has 3 aromatic rings. The third-order valence-electron chi connectivity index (χ3n) is 4.93. The molecule has 1 aromatic heterocycles. The lowest BCUT2D eigenvalue weighted by Gasteiger charge is -2.10. The van der Waals surface area contributed by atoms with Crippen LogP contribution in [0.25, 0.3) is 11.0 Å². The van der Waals surface area contributed by atoms with Gasteiger partial charge in [0.15, 0.2) is 0 Å². The van der Waals surface area contributed by atoms with Gasteiger partial charge in [-0.3, -0.25) is 9.59 Å². The number of rotatable bonds is 5. The Bertz CT molecular complexity index is 1150. The lowest BCUT2D eigenvalue weighted by Crippen LogP contribution is -2.30. The number of carbonyl (C=O) groups is 2. The van der Waals surface area contributed by atoms with Crippen LogP contribution in [0.4, 0.5) is 0 Å². The summed E-state index contributed by atoms with van der Waals surface area (Å²) in [6.45, 7) is -0.322. The standard InChI is InChI=1S/C22H18BrNO5/c23-17-6-4-13(5-7-17)22(27)24-11-21(26)28-12-16-10-20(25)29-19-9-15-3-1-2-14(15)8-18(16)19/h4-10H,1-3,11-12H2,(H,24,27). The van der Waals surface area contributed by atoms with Gasteiger partial charge in [-0.05, 0) is 66.8 Å². The minimum absolute atomic E-state index is 0.0616. The van der Waals surface area contributed by atoms with Crippen molar-refractivity contribution in [2.75, 3.05) is 6.54 Å². The van der Waals surface area contributed by atoms with Gasteiger partial charge in [-0.25, -0.2) is 4.79 Å². The maximum absolute atomic E-state index is 12.1. The highest BCUT2D eigenvalue weighted by Crippen LogP contribution is 2.28. The van der Waals surface area contributed by atoms with E-state index < -0.39 is 11.6 Å². The summed E-state index contributed by atoms with van der Waals surface area (Å²) in [7, 11) is 0. The first-order chi connectivity index (χ1) is 14.0. The van der Waals surface area contributed by atoms with Gasteiger partial charge in [-0.1, -0.05) is 15.9 Å². The molecule has 0 saturated heterocycles. The summed E-state index contributed by atoms with van der Waals surface area (Å²) in [5.74, 6) is -0.950. The largest absolute Gasteiger partial charge is 0.459 e. The van der Waals surface area contributed by atoms with E-state index in [2.05, 4.69) is 21.2 Å². The van der Waals surface area contributed by atoms with Crippen LogP contribution in [0.5, 0.6) is 0 Å². The fraction of sp³-hybridized carbons (Fsp3) is 0.227. The molecule has 0 fully saturated rings. The number of halogens is 1. The topological polar surface area (TPSA) is 85.6 Å². The highest BCUT2D eigenvalue weighted by atomic mass is 79.9. The van der Waals surface area contributed by atoms with Gasteiger partial charge in [-0.15, -0.1) is 0 Å². The molecule has 148 valence electrons. The van der Waals surface area contributed by atoms with Crippen molar-refractivity contribution < 1.29 is 18.7 Å². The van der Waals surface area contributed by atoms with Crippen molar-refractivity contribution in [1.82, 2.24) is 5.32 Å². The zero-order chi connectivity index (χ0) is 20.4. The highest BCUT2D eigenvalue weighted by molar-refractivity contribution is 9.10. The molecule has 1 amide bonds. The van der Waals surface area contributed by atoms with Gasteiger partial charge in [0.25, 0.3) is 5.91 Å². The molecule has 0 saturated carbocycles. The second-order valence-corrected chi connectivity index (χ2v) is 7.83. The van der Waals surface area contributed by atoms with Gasteiger partial charge in [-0.2, -0.15) is 0 Å². The number of hydrogen-bond donors (Lipinski definition) is 1. The van der Waals surface area contributed by atoms with Crippen molar-refractivity contribution in [3.8, 4) is 0 Å². The molecule has 1 aliphatic rings. The number of amides is 1. The monoisotopic (exact) mass is 455 g/mol. The van der Waals surface area contributed by atoms with Crippen LogP contribution >= 0.6 is 15.9 Å². The smallest absolute Gasteiger partial charge is 0.336 e. The van der Waals surface area contributed by atoms with E-state index in [-0.39, 0.29) is 19.1 Å². The number of ether oxygens (including phenoxy) is 1. The minimum Gasteiger partial charge on any atom is -0.459 e. The molecule has 1 aliphatic carbocycles. The quantitative estimate of drug-likeness (QED) is 0.469. The van der Waals surface area contributed by atoms with Crippen LogP contribution < -0.4 is 10.9 Å². The molecule has 0 aliphatic heterocycles. The van der Waals surface area contributed by atoms with Crippen LogP contribution in [0.15, 0.2) is 56.1 Å². The third-order valence-corrected chi connectivity index (χ3v) is 5.46. The first-order valence-electron chi connectivity index (χ1n) is 9.27. The van der Waals surface area contributed by atoms with Gasteiger partial charge in [0.1, 0.15) is 18.7 Å². The molecule has 1 N–H and O–H groups in total. The molecular weight excluding hydrogens is 438 g/mol. The fourth-order valence-corrected chi connectivity index (χ4v) is 3.74. The molecule has 0 unspecified atom stereocenters.